The molecule has 21 heavy (non-hydrogen) atoms. The average Bonchev–Trinajstić information content (AvgIpc) is 3.08. The molecule has 1 aliphatic heterocycles. The zero-order valence-corrected chi connectivity index (χ0v) is 13.6. The third-order valence-corrected chi connectivity index (χ3v) is 5.49. The Morgan fingerprint density at radius 2 is 2.10 bits per heavy atom. The van der Waals surface area contributed by atoms with Crippen LogP contribution in [0.15, 0.2) is 18.7 Å². The highest BCUT2D eigenvalue weighted by Gasteiger charge is 2.36. The normalized spacial score (nSPS) is 18.0. The number of hydrogen-bond acceptors (Lipinski definition) is 4. The third-order valence-electron chi connectivity index (χ3n) is 4.07. The zero-order valence-electron chi connectivity index (χ0n) is 12.0. The van der Waals surface area contributed by atoms with Crippen molar-refractivity contribution in [2.75, 3.05) is 13.1 Å². The maximum atomic E-state index is 12.4. The van der Waals surface area contributed by atoms with Crippen molar-refractivity contribution in [2.45, 2.75) is 25.2 Å². The van der Waals surface area contributed by atoms with E-state index in [4.69, 9.17) is 11.6 Å². The lowest BCUT2D eigenvalue weighted by molar-refractivity contribution is 0.0670. The molecule has 0 atom stereocenters. The topological polar surface area (TPSA) is 51.0 Å². The summed E-state index contributed by atoms with van der Waals surface area (Å²) >= 11 is 7.52. The van der Waals surface area contributed by atoms with Crippen LogP contribution in [0.5, 0.6) is 0 Å². The van der Waals surface area contributed by atoms with Crippen molar-refractivity contribution in [1.29, 1.82) is 0 Å². The summed E-state index contributed by atoms with van der Waals surface area (Å²) in [5, 5.41) is 1.07. The number of amides is 1. The van der Waals surface area contributed by atoms with E-state index in [0.717, 1.165) is 35.3 Å². The van der Waals surface area contributed by atoms with E-state index in [1.807, 2.05) is 11.9 Å². The Kier molecular flexibility index (Phi) is 3.75. The van der Waals surface area contributed by atoms with Crippen LogP contribution in [0.2, 0.25) is 4.34 Å². The first-order valence-corrected chi connectivity index (χ1v) is 8.06. The second kappa shape index (κ2) is 5.42. The van der Waals surface area contributed by atoms with E-state index in [-0.39, 0.29) is 11.3 Å². The molecule has 5 nitrogen and oxygen atoms in total. The van der Waals surface area contributed by atoms with Gasteiger partial charge in [0.25, 0.3) is 5.91 Å². The van der Waals surface area contributed by atoms with Gasteiger partial charge in [0.1, 0.15) is 15.0 Å². The molecule has 2 aromatic heterocycles. The van der Waals surface area contributed by atoms with Gasteiger partial charge in [-0.05, 0) is 12.8 Å². The molecule has 3 heterocycles. The molecule has 0 bridgehead atoms. The summed E-state index contributed by atoms with van der Waals surface area (Å²) in [4.78, 5) is 22.8. The summed E-state index contributed by atoms with van der Waals surface area (Å²) < 4.78 is 2.51. The summed E-state index contributed by atoms with van der Waals surface area (Å²) in [6, 6.07) is 0. The number of piperidine rings is 1. The van der Waals surface area contributed by atoms with E-state index in [1.54, 1.807) is 23.3 Å². The van der Waals surface area contributed by atoms with Crippen molar-refractivity contribution in [3.63, 3.8) is 0 Å². The largest absolute Gasteiger partial charge is 0.340 e. The van der Waals surface area contributed by atoms with Crippen LogP contribution in [0.4, 0.5) is 0 Å². The Bertz CT molecular complexity index is 657. The van der Waals surface area contributed by atoms with Gasteiger partial charge < -0.3 is 9.47 Å². The number of carbonyl (C=O) groups excluding carboxylic acids is 1. The van der Waals surface area contributed by atoms with E-state index in [9.17, 15) is 4.79 Å². The van der Waals surface area contributed by atoms with Gasteiger partial charge in [0.15, 0.2) is 0 Å². The highest BCUT2D eigenvalue weighted by atomic mass is 35.5. The molecule has 0 unspecified atom stereocenters. The second-order valence-corrected chi connectivity index (χ2v) is 7.41. The molecule has 0 saturated carbocycles. The van der Waals surface area contributed by atoms with Gasteiger partial charge in [0.2, 0.25) is 0 Å². The molecule has 0 spiro atoms. The van der Waals surface area contributed by atoms with Gasteiger partial charge in [-0.3, -0.25) is 4.79 Å². The minimum absolute atomic E-state index is 0.00909. The lowest BCUT2D eigenvalue weighted by atomic mass is 9.81. The predicted molar refractivity (Wildman–Crippen MR) is 82.8 cm³/mol. The number of rotatable bonds is 2. The highest BCUT2D eigenvalue weighted by molar-refractivity contribution is 7.15. The number of aromatic nitrogens is 3. The minimum Gasteiger partial charge on any atom is -0.340 e. The number of aryl methyl sites for hydroxylation is 1. The van der Waals surface area contributed by atoms with E-state index in [2.05, 4.69) is 16.9 Å². The molecular weight excluding hydrogens is 308 g/mol. The lowest BCUT2D eigenvalue weighted by Crippen LogP contribution is -2.44. The number of imidazole rings is 1. The van der Waals surface area contributed by atoms with Gasteiger partial charge in [0.05, 0.1) is 12.5 Å². The van der Waals surface area contributed by atoms with Crippen LogP contribution in [0.25, 0.3) is 0 Å². The molecule has 1 fully saturated rings. The molecule has 0 aromatic carbocycles. The molecule has 1 amide bonds. The Morgan fingerprint density at radius 1 is 1.38 bits per heavy atom. The molecule has 0 N–H and O–H groups in total. The SMILES string of the molecule is Cn1cnc(C(=O)N2CCC(C)(c3ncc(Cl)s3)CC2)c1. The summed E-state index contributed by atoms with van der Waals surface area (Å²) in [5.41, 5.74) is 0.525. The van der Waals surface area contributed by atoms with Gasteiger partial charge in [-0.1, -0.05) is 18.5 Å². The van der Waals surface area contributed by atoms with Crippen LogP contribution < -0.4 is 0 Å². The quantitative estimate of drug-likeness (QED) is 0.853. The summed E-state index contributed by atoms with van der Waals surface area (Å²) in [6.07, 6.45) is 6.92. The van der Waals surface area contributed by atoms with Crippen LogP contribution in [0.3, 0.4) is 0 Å². The monoisotopic (exact) mass is 324 g/mol. The molecule has 1 aliphatic rings. The fraction of sp³-hybridized carbons (Fsp3) is 0.500. The van der Waals surface area contributed by atoms with Gasteiger partial charge >= 0.3 is 0 Å². The zero-order chi connectivity index (χ0) is 15.0. The number of carbonyl (C=O) groups is 1. The smallest absolute Gasteiger partial charge is 0.274 e. The second-order valence-electron chi connectivity index (χ2n) is 5.75. The Balaban J connectivity index is 1.69. The Labute approximate surface area is 132 Å². The third kappa shape index (κ3) is 2.82. The van der Waals surface area contributed by atoms with E-state index in [1.165, 1.54) is 11.3 Å². The molecule has 2 aromatic rings. The fourth-order valence-electron chi connectivity index (χ4n) is 2.64. The van der Waals surface area contributed by atoms with Crippen molar-refractivity contribution < 1.29 is 4.79 Å². The maximum Gasteiger partial charge on any atom is 0.274 e. The van der Waals surface area contributed by atoms with Gasteiger partial charge in [0, 0.05) is 31.7 Å². The highest BCUT2D eigenvalue weighted by Crippen LogP contribution is 2.38. The average molecular weight is 325 g/mol. The first kappa shape index (κ1) is 14.5. The first-order chi connectivity index (χ1) is 9.98. The van der Waals surface area contributed by atoms with Gasteiger partial charge in [-0.25, -0.2) is 9.97 Å². The predicted octanol–water partition coefficient (Wildman–Crippen LogP) is 2.72. The molecule has 112 valence electrons. The van der Waals surface area contributed by atoms with Gasteiger partial charge in [-0.15, -0.1) is 11.3 Å². The van der Waals surface area contributed by atoms with E-state index in [0.29, 0.717) is 5.69 Å². The number of halogens is 1. The van der Waals surface area contributed by atoms with E-state index >= 15 is 0 Å². The Morgan fingerprint density at radius 3 is 2.62 bits per heavy atom. The molecule has 3 rings (SSSR count). The summed E-state index contributed by atoms with van der Waals surface area (Å²) in [7, 11) is 1.86. The van der Waals surface area contributed by atoms with Gasteiger partial charge in [-0.2, -0.15) is 0 Å². The number of likely N-dealkylation sites (tertiary alicyclic amines) is 1. The summed E-state index contributed by atoms with van der Waals surface area (Å²) in [6.45, 7) is 3.65. The van der Waals surface area contributed by atoms with Crippen molar-refractivity contribution in [2.24, 2.45) is 7.05 Å². The molecule has 0 radical (unpaired) electrons. The minimum atomic E-state index is 0.00909. The number of hydrogen-bond donors (Lipinski definition) is 0. The molecule has 1 saturated heterocycles. The lowest BCUT2D eigenvalue weighted by Gasteiger charge is -2.37. The number of thiazole rings is 1. The molecular formula is C14H17ClN4OS. The fourth-order valence-corrected chi connectivity index (χ4v) is 3.75. The van der Waals surface area contributed by atoms with Crippen LogP contribution in [0, 0.1) is 0 Å². The maximum absolute atomic E-state index is 12.4. The van der Waals surface area contributed by atoms with Crippen molar-refractivity contribution >= 4 is 28.8 Å². The van der Waals surface area contributed by atoms with Crippen LogP contribution in [-0.2, 0) is 12.5 Å². The number of nitrogens with zero attached hydrogens (tertiary/aromatic N) is 4. The van der Waals surface area contributed by atoms with Crippen molar-refractivity contribution in [1.82, 2.24) is 19.4 Å². The van der Waals surface area contributed by atoms with Crippen molar-refractivity contribution in [3.8, 4) is 0 Å². The summed E-state index contributed by atoms with van der Waals surface area (Å²) in [5.74, 6) is 0.00909. The first-order valence-electron chi connectivity index (χ1n) is 6.87. The van der Waals surface area contributed by atoms with Crippen LogP contribution in [0.1, 0.15) is 35.3 Å². The standard InChI is InChI=1S/C14H17ClN4OS/c1-14(13-16-7-11(15)21-13)3-5-19(6-4-14)12(20)10-8-18(2)9-17-10/h7-9H,3-6H2,1-2H3. The van der Waals surface area contributed by atoms with Crippen LogP contribution in [-0.4, -0.2) is 38.4 Å². The molecule has 0 aliphatic carbocycles. The van der Waals surface area contributed by atoms with Crippen molar-refractivity contribution in [3.05, 3.63) is 33.8 Å². The Hall–Kier alpha value is -1.40. The van der Waals surface area contributed by atoms with E-state index < -0.39 is 0 Å². The molecule has 7 heteroatoms. The van der Waals surface area contributed by atoms with Crippen LogP contribution >= 0.6 is 22.9 Å².